The summed E-state index contributed by atoms with van der Waals surface area (Å²) < 4.78 is 29.6. The Hall–Kier alpha value is -1.77. The fourth-order valence-electron chi connectivity index (χ4n) is 3.19. The van der Waals surface area contributed by atoms with Crippen LogP contribution >= 0.6 is 23.7 Å². The quantitative estimate of drug-likeness (QED) is 0.759. The maximum atomic E-state index is 12.5. The number of nitrogens with zero attached hydrogens (tertiary/aromatic N) is 1. The predicted octanol–water partition coefficient (Wildman–Crippen LogP) is 4.15. The molecule has 0 unspecified atom stereocenters. The number of ether oxygens (including phenoxy) is 1. The van der Waals surface area contributed by atoms with Crippen LogP contribution in [0.4, 0.5) is 13.9 Å². The number of rotatable bonds is 6. The highest BCUT2D eigenvalue weighted by Crippen LogP contribution is 2.35. The van der Waals surface area contributed by atoms with Gasteiger partial charge in [-0.1, -0.05) is 18.6 Å². The first-order valence-electron chi connectivity index (χ1n) is 8.09. The lowest BCUT2D eigenvalue weighted by Crippen LogP contribution is -2.29. The maximum Gasteiger partial charge on any atom is 0.387 e. The molecule has 2 aromatic rings. The molecule has 142 valence electrons. The highest BCUT2D eigenvalue weighted by atomic mass is 35.5. The number of carbonyl (C=O) groups excluding carboxylic acids is 1. The van der Waals surface area contributed by atoms with Crippen LogP contribution < -0.4 is 15.8 Å². The van der Waals surface area contributed by atoms with Crippen molar-refractivity contribution in [3.63, 3.8) is 0 Å². The van der Waals surface area contributed by atoms with Gasteiger partial charge >= 0.3 is 6.61 Å². The van der Waals surface area contributed by atoms with E-state index in [-0.39, 0.29) is 35.9 Å². The largest absolute Gasteiger partial charge is 0.434 e. The third-order valence-electron chi connectivity index (χ3n) is 4.41. The zero-order valence-electron chi connectivity index (χ0n) is 13.9. The van der Waals surface area contributed by atoms with Crippen molar-refractivity contribution in [1.82, 2.24) is 4.98 Å². The molecule has 0 aliphatic heterocycles. The highest BCUT2D eigenvalue weighted by molar-refractivity contribution is 7.14. The molecule has 2 atom stereocenters. The lowest BCUT2D eigenvalue weighted by atomic mass is 9.95. The first kappa shape index (κ1) is 20.5. The van der Waals surface area contributed by atoms with Gasteiger partial charge in [-0.15, -0.1) is 23.7 Å². The normalized spacial score (nSPS) is 19.2. The van der Waals surface area contributed by atoms with Crippen molar-refractivity contribution in [2.45, 2.75) is 25.9 Å². The molecule has 0 saturated heterocycles. The van der Waals surface area contributed by atoms with E-state index in [4.69, 9.17) is 5.73 Å². The molecular formula is C17H20ClF2N3O2S. The third-order valence-corrected chi connectivity index (χ3v) is 5.17. The van der Waals surface area contributed by atoms with Gasteiger partial charge < -0.3 is 15.8 Å². The van der Waals surface area contributed by atoms with E-state index in [1.807, 2.05) is 0 Å². The number of amides is 1. The number of nitrogens with one attached hydrogen (secondary N) is 1. The van der Waals surface area contributed by atoms with Crippen LogP contribution in [-0.2, 0) is 4.79 Å². The second-order valence-electron chi connectivity index (χ2n) is 5.93. The van der Waals surface area contributed by atoms with Crippen molar-refractivity contribution in [2.75, 3.05) is 11.9 Å². The van der Waals surface area contributed by atoms with Crippen LogP contribution in [0.15, 0.2) is 29.6 Å². The molecule has 1 aromatic heterocycles. The van der Waals surface area contributed by atoms with E-state index in [1.165, 1.54) is 17.4 Å². The first-order chi connectivity index (χ1) is 12.1. The second kappa shape index (κ2) is 9.25. The van der Waals surface area contributed by atoms with E-state index in [2.05, 4.69) is 15.0 Å². The number of thiazole rings is 1. The number of alkyl halides is 2. The summed E-state index contributed by atoms with van der Waals surface area (Å²) in [5, 5.41) is 4.97. The Morgan fingerprint density at radius 3 is 2.88 bits per heavy atom. The zero-order valence-corrected chi connectivity index (χ0v) is 15.5. The molecule has 9 heteroatoms. The Kier molecular flexibility index (Phi) is 7.31. The fourth-order valence-corrected chi connectivity index (χ4v) is 3.91. The Labute approximate surface area is 160 Å². The second-order valence-corrected chi connectivity index (χ2v) is 6.79. The topological polar surface area (TPSA) is 77.2 Å². The Bertz CT molecular complexity index is 744. The fraction of sp³-hybridized carbons (Fsp3) is 0.412. The summed E-state index contributed by atoms with van der Waals surface area (Å²) in [5.41, 5.74) is 6.67. The molecule has 0 spiro atoms. The van der Waals surface area contributed by atoms with Crippen LogP contribution in [0.25, 0.3) is 11.3 Å². The number of hydrogen-bond acceptors (Lipinski definition) is 5. The van der Waals surface area contributed by atoms with Gasteiger partial charge in [0.1, 0.15) is 5.75 Å². The van der Waals surface area contributed by atoms with Gasteiger partial charge in [-0.25, -0.2) is 4.98 Å². The Balaban J connectivity index is 0.00000243. The standard InChI is InChI=1S/C17H19F2N3O2S.ClH/c18-16(19)24-14-7-2-1-5-12(14)13-9-25-17(21-13)22-15(23)11-6-3-4-10(11)8-20;/h1-2,5,7,9-11,16H,3-4,6,8,20H2,(H,21,22,23);1H/t10-,11-;/m1./s1. The number of carbonyl (C=O) groups is 1. The molecule has 3 rings (SSSR count). The van der Waals surface area contributed by atoms with Gasteiger partial charge in [-0.3, -0.25) is 4.79 Å². The highest BCUT2D eigenvalue weighted by Gasteiger charge is 2.32. The smallest absolute Gasteiger partial charge is 0.387 e. The summed E-state index contributed by atoms with van der Waals surface area (Å²) in [7, 11) is 0. The molecule has 0 radical (unpaired) electrons. The molecule has 1 aliphatic rings. The number of para-hydroxylation sites is 1. The van der Waals surface area contributed by atoms with Crippen molar-refractivity contribution in [2.24, 2.45) is 17.6 Å². The molecule has 5 nitrogen and oxygen atoms in total. The summed E-state index contributed by atoms with van der Waals surface area (Å²) in [5.74, 6) is 0.0945. The van der Waals surface area contributed by atoms with Crippen molar-refractivity contribution >= 4 is 34.8 Å². The molecule has 1 heterocycles. The zero-order chi connectivity index (χ0) is 17.8. The summed E-state index contributed by atoms with van der Waals surface area (Å²) >= 11 is 1.25. The number of benzene rings is 1. The van der Waals surface area contributed by atoms with Crippen LogP contribution in [0.2, 0.25) is 0 Å². The predicted molar refractivity (Wildman–Crippen MR) is 99.9 cm³/mol. The van der Waals surface area contributed by atoms with Gasteiger partial charge in [0.2, 0.25) is 5.91 Å². The van der Waals surface area contributed by atoms with Crippen LogP contribution in [0.5, 0.6) is 5.75 Å². The third kappa shape index (κ3) is 4.69. The van der Waals surface area contributed by atoms with Gasteiger partial charge in [-0.05, 0) is 37.4 Å². The monoisotopic (exact) mass is 403 g/mol. The average molecular weight is 404 g/mol. The lowest BCUT2D eigenvalue weighted by molar-refractivity contribution is -0.120. The van der Waals surface area contributed by atoms with Gasteiger partial charge in [0.05, 0.1) is 5.69 Å². The number of hydrogen-bond donors (Lipinski definition) is 2. The van der Waals surface area contributed by atoms with Crippen LogP contribution in [0.1, 0.15) is 19.3 Å². The van der Waals surface area contributed by atoms with E-state index in [0.717, 1.165) is 19.3 Å². The van der Waals surface area contributed by atoms with E-state index >= 15 is 0 Å². The molecule has 1 saturated carbocycles. The SMILES string of the molecule is Cl.NC[C@H]1CCC[C@H]1C(=O)Nc1nc(-c2ccccc2OC(F)F)cs1. The minimum absolute atomic E-state index is 0. The molecule has 1 aromatic carbocycles. The van der Waals surface area contributed by atoms with Crippen LogP contribution in [0.3, 0.4) is 0 Å². The lowest BCUT2D eigenvalue weighted by Gasteiger charge is -2.16. The van der Waals surface area contributed by atoms with E-state index in [1.54, 1.807) is 23.6 Å². The molecule has 1 amide bonds. The Morgan fingerprint density at radius 1 is 1.38 bits per heavy atom. The summed E-state index contributed by atoms with van der Waals surface area (Å²) in [6.07, 6.45) is 2.80. The summed E-state index contributed by atoms with van der Waals surface area (Å²) in [6, 6.07) is 6.45. The van der Waals surface area contributed by atoms with Crippen LogP contribution in [-0.4, -0.2) is 24.0 Å². The van der Waals surface area contributed by atoms with Crippen molar-refractivity contribution in [3.8, 4) is 17.0 Å². The van der Waals surface area contributed by atoms with Gasteiger partial charge in [0.25, 0.3) is 0 Å². The summed E-state index contributed by atoms with van der Waals surface area (Å²) in [4.78, 5) is 16.8. The van der Waals surface area contributed by atoms with Gasteiger partial charge in [0.15, 0.2) is 5.13 Å². The molecule has 1 aliphatic carbocycles. The molecule has 0 bridgehead atoms. The van der Waals surface area contributed by atoms with Crippen molar-refractivity contribution in [1.29, 1.82) is 0 Å². The molecule has 26 heavy (non-hydrogen) atoms. The average Bonchev–Trinajstić information content (AvgIpc) is 3.23. The molecule has 1 fully saturated rings. The van der Waals surface area contributed by atoms with E-state index in [0.29, 0.717) is 22.9 Å². The van der Waals surface area contributed by atoms with Crippen LogP contribution in [0, 0.1) is 11.8 Å². The number of anilines is 1. The van der Waals surface area contributed by atoms with E-state index < -0.39 is 6.61 Å². The van der Waals surface area contributed by atoms with Gasteiger partial charge in [-0.2, -0.15) is 8.78 Å². The Morgan fingerprint density at radius 2 is 2.15 bits per heavy atom. The minimum atomic E-state index is -2.91. The number of nitrogens with two attached hydrogens (primary N) is 1. The number of aromatic nitrogens is 1. The number of halogens is 3. The maximum absolute atomic E-state index is 12.5. The van der Waals surface area contributed by atoms with Gasteiger partial charge in [0, 0.05) is 16.9 Å². The minimum Gasteiger partial charge on any atom is -0.434 e. The van der Waals surface area contributed by atoms with Crippen molar-refractivity contribution < 1.29 is 18.3 Å². The molecular weight excluding hydrogens is 384 g/mol. The summed E-state index contributed by atoms with van der Waals surface area (Å²) in [6.45, 7) is -2.41. The van der Waals surface area contributed by atoms with Crippen molar-refractivity contribution in [3.05, 3.63) is 29.6 Å². The first-order valence-corrected chi connectivity index (χ1v) is 8.97. The molecule has 3 N–H and O–H groups in total. The van der Waals surface area contributed by atoms with E-state index in [9.17, 15) is 13.6 Å².